The highest BCUT2D eigenvalue weighted by Gasteiger charge is 2.43. The number of nitrogens with zero attached hydrogens (tertiary/aromatic N) is 9. The Morgan fingerprint density at radius 2 is 1.73 bits per heavy atom. The Hall–Kier alpha value is -6.27. The first-order chi connectivity index (χ1) is 32.5. The fourth-order valence-corrected chi connectivity index (χ4v) is 10.4. The number of carbonyl (C=O) groups excluding carboxylic acids is 2. The molecule has 2 N–H and O–H groups in total. The Balaban J connectivity index is 0.655. The smallest absolute Gasteiger partial charge is 0.254 e. The van der Waals surface area contributed by atoms with E-state index in [2.05, 4.69) is 42.4 Å². The first-order valence-corrected chi connectivity index (χ1v) is 24.1. The molecule has 67 heavy (non-hydrogen) atoms. The van der Waals surface area contributed by atoms with E-state index in [-0.39, 0.29) is 48.9 Å². The van der Waals surface area contributed by atoms with Crippen molar-refractivity contribution >= 4 is 45.8 Å². The van der Waals surface area contributed by atoms with Gasteiger partial charge in [-0.15, -0.1) is 11.3 Å². The number of rotatable bonds is 15. The van der Waals surface area contributed by atoms with Crippen LogP contribution in [-0.4, -0.2) is 126 Å². The molecule has 7 aromatic rings. The van der Waals surface area contributed by atoms with E-state index in [0.717, 1.165) is 95.4 Å². The number of aromatic nitrogens is 6. The molecule has 16 nitrogen and oxygen atoms in total. The second kappa shape index (κ2) is 19.1. The van der Waals surface area contributed by atoms with Gasteiger partial charge in [0.25, 0.3) is 5.88 Å². The van der Waals surface area contributed by atoms with Crippen molar-refractivity contribution in [2.24, 2.45) is 5.92 Å². The molecule has 2 amide bonds. The van der Waals surface area contributed by atoms with E-state index in [0.29, 0.717) is 24.0 Å². The van der Waals surface area contributed by atoms with Crippen molar-refractivity contribution in [3.63, 3.8) is 0 Å². The van der Waals surface area contributed by atoms with Crippen molar-refractivity contribution in [1.29, 1.82) is 0 Å². The average molecular weight is 925 g/mol. The molecule has 0 unspecified atom stereocenters. The average Bonchev–Trinajstić information content (AvgIpc) is 4.14. The molecule has 8 heterocycles. The maximum absolute atomic E-state index is 14.2. The number of benzene rings is 2. The van der Waals surface area contributed by atoms with Gasteiger partial charge in [0.1, 0.15) is 24.4 Å². The summed E-state index contributed by atoms with van der Waals surface area (Å²) in [6.45, 7) is 12.4. The highest BCUT2D eigenvalue weighted by molar-refractivity contribution is 7.13. The van der Waals surface area contributed by atoms with Gasteiger partial charge in [-0.25, -0.2) is 19.9 Å². The zero-order valence-electron chi connectivity index (χ0n) is 38.2. The third-order valence-corrected chi connectivity index (χ3v) is 14.3. The summed E-state index contributed by atoms with van der Waals surface area (Å²) < 4.78 is 20.2. The van der Waals surface area contributed by atoms with Crippen LogP contribution in [0.3, 0.4) is 0 Å². The topological polar surface area (TPSA) is 177 Å². The number of nitrogens with one attached hydrogen (secondary N) is 1. The maximum Gasteiger partial charge on any atom is 0.254 e. The number of para-hydroxylation sites is 2. The molecule has 0 saturated carbocycles. The van der Waals surface area contributed by atoms with E-state index < -0.39 is 18.1 Å². The molecule has 5 aromatic heterocycles. The number of aliphatic hydroxyl groups is 1. The summed E-state index contributed by atoms with van der Waals surface area (Å²) in [7, 11) is 0. The van der Waals surface area contributed by atoms with E-state index >= 15 is 0 Å². The molecule has 0 bridgehead atoms. The molecule has 0 radical (unpaired) electrons. The molecule has 0 spiro atoms. The van der Waals surface area contributed by atoms with Crippen LogP contribution in [-0.2, 0) is 14.3 Å². The van der Waals surface area contributed by atoms with Gasteiger partial charge in [0, 0.05) is 69.7 Å². The first-order valence-electron chi connectivity index (χ1n) is 23.3. The first kappa shape index (κ1) is 44.6. The number of β-amino-alcohol motifs (C(OH)–C–C–N with tert-alkyl or cyclic N) is 1. The van der Waals surface area contributed by atoms with Crippen molar-refractivity contribution in [2.75, 3.05) is 50.8 Å². The van der Waals surface area contributed by atoms with E-state index in [1.807, 2.05) is 105 Å². The fraction of sp³-hybridized carbons (Fsp3) is 0.420. The molecule has 0 aliphatic carbocycles. The number of fused-ring (bicyclic) bond motifs is 3. The van der Waals surface area contributed by atoms with Gasteiger partial charge in [0.2, 0.25) is 17.6 Å². The van der Waals surface area contributed by atoms with Crippen LogP contribution >= 0.6 is 11.3 Å². The molecule has 3 fully saturated rings. The van der Waals surface area contributed by atoms with Gasteiger partial charge in [-0.1, -0.05) is 50.2 Å². The Morgan fingerprint density at radius 3 is 2.48 bits per heavy atom. The summed E-state index contributed by atoms with van der Waals surface area (Å²) in [4.78, 5) is 53.7. The molecule has 3 saturated heterocycles. The summed E-state index contributed by atoms with van der Waals surface area (Å²) in [5.74, 6) is 0.815. The monoisotopic (exact) mass is 924 g/mol. The third kappa shape index (κ3) is 9.50. The van der Waals surface area contributed by atoms with Gasteiger partial charge in [-0.2, -0.15) is 0 Å². The second-order valence-electron chi connectivity index (χ2n) is 18.3. The Labute approximate surface area is 392 Å². The zero-order chi connectivity index (χ0) is 46.2. The molecule has 17 heteroatoms. The summed E-state index contributed by atoms with van der Waals surface area (Å²) in [5, 5.41) is 17.9. The molecular weight excluding hydrogens is 869 g/mol. The second-order valence-corrected chi connectivity index (χ2v) is 19.2. The lowest BCUT2D eigenvalue weighted by molar-refractivity contribution is -0.141. The van der Waals surface area contributed by atoms with Crippen LogP contribution in [0.15, 0.2) is 95.2 Å². The zero-order valence-corrected chi connectivity index (χ0v) is 39.0. The molecular formula is C50H56N10O6S. The minimum atomic E-state index is -0.820. The lowest BCUT2D eigenvalue weighted by atomic mass is 9.91. The van der Waals surface area contributed by atoms with Crippen molar-refractivity contribution in [2.45, 2.75) is 83.3 Å². The van der Waals surface area contributed by atoms with E-state index in [1.54, 1.807) is 17.4 Å². The van der Waals surface area contributed by atoms with Crippen LogP contribution in [0.1, 0.15) is 69.0 Å². The van der Waals surface area contributed by atoms with Crippen molar-refractivity contribution in [3.05, 3.63) is 108 Å². The largest absolute Gasteiger partial charge is 0.474 e. The number of pyridine rings is 1. The van der Waals surface area contributed by atoms with Gasteiger partial charge in [0.05, 0.1) is 57.2 Å². The summed E-state index contributed by atoms with van der Waals surface area (Å²) in [6, 6.07) is 22.8. The van der Waals surface area contributed by atoms with Crippen LogP contribution in [0.2, 0.25) is 0 Å². The van der Waals surface area contributed by atoms with Crippen LogP contribution in [0, 0.1) is 12.8 Å². The number of carbonyl (C=O) groups is 2. The van der Waals surface area contributed by atoms with Gasteiger partial charge in [0.15, 0.2) is 5.76 Å². The Morgan fingerprint density at radius 1 is 0.940 bits per heavy atom. The molecule has 4 atom stereocenters. The third-order valence-electron chi connectivity index (χ3n) is 13.4. The quantitative estimate of drug-likeness (QED) is 0.111. The molecule has 2 aromatic carbocycles. The number of aryl methyl sites for hydroxylation is 1. The van der Waals surface area contributed by atoms with Crippen LogP contribution in [0.5, 0.6) is 5.88 Å². The molecule has 348 valence electrons. The van der Waals surface area contributed by atoms with E-state index in [9.17, 15) is 14.7 Å². The minimum Gasteiger partial charge on any atom is -0.474 e. The summed E-state index contributed by atoms with van der Waals surface area (Å²) in [5.41, 5.74) is 8.57. The number of likely N-dealkylation sites (tertiary alicyclic amines) is 2. The lowest BCUT2D eigenvalue weighted by Gasteiger charge is -2.43. The predicted molar refractivity (Wildman–Crippen MR) is 255 cm³/mol. The number of hydrogen-bond acceptors (Lipinski definition) is 14. The van der Waals surface area contributed by atoms with Crippen molar-refractivity contribution < 1.29 is 28.7 Å². The standard InChI is InChI=1S/C50H56N10O6S/c1-30(2)46(49(63)60-26-36(61)23-42(60)48(62)53-31(3)33-9-11-34(12-10-33)47-32(4)52-29-67-47)43-24-45(56-66-43)64-22-21-57-18-15-37(16-19-57)65-38-27-58(28-38)44-14-13-35(25-51-44)39-17-20-59-41-8-6-5-7-40(41)55-50(59)54-39/h5-14,17,20,24-25,29-31,36-38,42,46,61H,15-16,18-19,21-23,26-28H2,1-4H3,(H,53,62)/t31-,36+,42-,46+/m0/s1. The predicted octanol–water partition coefficient (Wildman–Crippen LogP) is 6.69. The number of ether oxygens (including phenoxy) is 2. The Bertz CT molecular complexity index is 2830. The van der Waals surface area contributed by atoms with Crippen LogP contribution < -0.4 is 15.0 Å². The lowest BCUT2D eigenvalue weighted by Crippen LogP contribution is -2.54. The number of anilines is 1. The number of hydrogen-bond donors (Lipinski definition) is 2. The summed E-state index contributed by atoms with van der Waals surface area (Å²) >= 11 is 1.59. The molecule has 10 rings (SSSR count). The number of aliphatic hydroxyl groups excluding tert-OH is 1. The summed E-state index contributed by atoms with van der Waals surface area (Å²) in [6.07, 6.45) is 5.52. The molecule has 3 aliphatic rings. The van der Waals surface area contributed by atoms with E-state index in [1.165, 1.54) is 4.90 Å². The van der Waals surface area contributed by atoms with Gasteiger partial charge >= 0.3 is 0 Å². The highest BCUT2D eigenvalue weighted by Crippen LogP contribution is 2.34. The van der Waals surface area contributed by atoms with Crippen LogP contribution in [0.4, 0.5) is 5.82 Å². The number of thiazole rings is 1. The van der Waals surface area contributed by atoms with E-state index in [4.69, 9.17) is 24.0 Å². The van der Waals surface area contributed by atoms with Crippen molar-refractivity contribution in [3.8, 4) is 27.6 Å². The maximum atomic E-state index is 14.2. The highest BCUT2D eigenvalue weighted by atomic mass is 32.1. The number of amides is 2. The number of piperidine rings is 1. The van der Waals surface area contributed by atoms with Crippen molar-refractivity contribution in [1.82, 2.24) is 44.6 Å². The van der Waals surface area contributed by atoms with Gasteiger partial charge in [-0.05, 0) is 79.2 Å². The Kier molecular flexibility index (Phi) is 12.7. The van der Waals surface area contributed by atoms with Crippen LogP contribution in [0.25, 0.3) is 38.5 Å². The fourth-order valence-electron chi connectivity index (χ4n) is 9.57. The number of imidazole rings is 1. The van der Waals surface area contributed by atoms with Gasteiger partial charge < -0.3 is 34.2 Å². The normalized spacial score (nSPS) is 19.3. The molecule has 3 aliphatic heterocycles. The van der Waals surface area contributed by atoms with Gasteiger partial charge in [-0.3, -0.25) is 18.9 Å². The SMILES string of the molecule is Cc1ncsc1-c1ccc([C@H](C)NC(=O)[C@@H]2C[C@@H](O)CN2C(=O)[C@@H](c2cc(OCCN3CCC(OC4CN(c5ccc(-c6ccn7c(n6)nc6ccccc67)cn5)C4)CC3)no2)C(C)C)cc1. The minimum absolute atomic E-state index is 0.0603.